The minimum atomic E-state index is 0.208. The average molecular weight is 318 g/mol. The average Bonchev–Trinajstić information content (AvgIpc) is 2.97. The van der Waals surface area contributed by atoms with Crippen LogP contribution < -0.4 is 5.32 Å². The third kappa shape index (κ3) is 3.01. The first-order chi connectivity index (χ1) is 10.1. The molecule has 3 nitrogen and oxygen atoms in total. The highest BCUT2D eigenvalue weighted by Crippen LogP contribution is 2.32. The molecule has 0 radical (unpaired) electrons. The van der Waals surface area contributed by atoms with Gasteiger partial charge in [-0.25, -0.2) is 9.97 Å². The highest BCUT2D eigenvalue weighted by molar-refractivity contribution is 7.10. The molecule has 0 amide bonds. The summed E-state index contributed by atoms with van der Waals surface area (Å²) in [5.74, 6) is 1.23. The summed E-state index contributed by atoms with van der Waals surface area (Å²) in [4.78, 5) is 9.94. The van der Waals surface area contributed by atoms with E-state index >= 15 is 0 Å². The molecule has 5 heteroatoms. The van der Waals surface area contributed by atoms with E-state index in [1.807, 2.05) is 24.3 Å². The fourth-order valence-electron chi connectivity index (χ4n) is 2.34. The molecule has 1 atom stereocenters. The van der Waals surface area contributed by atoms with Gasteiger partial charge in [0.25, 0.3) is 0 Å². The maximum absolute atomic E-state index is 6.05. The van der Waals surface area contributed by atoms with Gasteiger partial charge in [-0.1, -0.05) is 32.0 Å². The number of nitrogens with zero attached hydrogens (tertiary/aromatic N) is 2. The van der Waals surface area contributed by atoms with Gasteiger partial charge in [0, 0.05) is 10.3 Å². The van der Waals surface area contributed by atoms with E-state index in [0.29, 0.717) is 5.92 Å². The Morgan fingerprint density at radius 2 is 1.90 bits per heavy atom. The Labute approximate surface area is 133 Å². The lowest BCUT2D eigenvalue weighted by molar-refractivity contribution is 0.552. The molecule has 0 aliphatic carbocycles. The van der Waals surface area contributed by atoms with Gasteiger partial charge in [-0.3, -0.25) is 0 Å². The summed E-state index contributed by atoms with van der Waals surface area (Å²) >= 11 is 7.80. The monoisotopic (exact) mass is 317 g/mol. The number of aromatic nitrogens is 2. The highest BCUT2D eigenvalue weighted by atomic mass is 35.5. The molecule has 0 saturated heterocycles. The van der Waals surface area contributed by atoms with Crippen molar-refractivity contribution in [1.82, 2.24) is 9.97 Å². The van der Waals surface area contributed by atoms with Crippen molar-refractivity contribution in [3.05, 3.63) is 51.9 Å². The van der Waals surface area contributed by atoms with E-state index in [-0.39, 0.29) is 11.3 Å². The molecule has 0 bridgehead atoms. The van der Waals surface area contributed by atoms with E-state index in [2.05, 4.69) is 46.6 Å². The van der Waals surface area contributed by atoms with Crippen LogP contribution >= 0.6 is 22.9 Å². The van der Waals surface area contributed by atoms with Gasteiger partial charge in [0.1, 0.15) is 5.82 Å². The van der Waals surface area contributed by atoms with E-state index in [4.69, 9.17) is 11.6 Å². The molecule has 21 heavy (non-hydrogen) atoms. The summed E-state index contributed by atoms with van der Waals surface area (Å²) in [5.41, 5.74) is 0.855. The largest absolute Gasteiger partial charge is 0.362 e. The minimum Gasteiger partial charge on any atom is -0.362 e. The van der Waals surface area contributed by atoms with E-state index in [1.165, 1.54) is 4.88 Å². The van der Waals surface area contributed by atoms with Crippen LogP contribution in [0.15, 0.2) is 41.8 Å². The molecular formula is C16H16ClN3S. The van der Waals surface area contributed by atoms with Gasteiger partial charge in [-0.05, 0) is 41.1 Å². The van der Waals surface area contributed by atoms with Crippen molar-refractivity contribution in [2.24, 2.45) is 5.92 Å². The van der Waals surface area contributed by atoms with Crippen molar-refractivity contribution >= 4 is 39.7 Å². The van der Waals surface area contributed by atoms with Gasteiger partial charge in [0.15, 0.2) is 0 Å². The molecule has 2 aromatic heterocycles. The molecule has 1 N–H and O–H groups in total. The topological polar surface area (TPSA) is 37.8 Å². The van der Waals surface area contributed by atoms with Gasteiger partial charge >= 0.3 is 0 Å². The number of nitrogens with one attached hydrogen (secondary N) is 1. The van der Waals surface area contributed by atoms with Crippen LogP contribution in [0.5, 0.6) is 0 Å². The lowest BCUT2D eigenvalue weighted by Crippen LogP contribution is -2.16. The molecule has 1 unspecified atom stereocenters. The summed E-state index contributed by atoms with van der Waals surface area (Å²) in [7, 11) is 0. The molecule has 0 saturated carbocycles. The van der Waals surface area contributed by atoms with Gasteiger partial charge in [0.05, 0.1) is 11.6 Å². The molecule has 108 valence electrons. The van der Waals surface area contributed by atoms with Crippen LogP contribution in [-0.2, 0) is 0 Å². The number of benzene rings is 1. The second-order valence-corrected chi connectivity index (χ2v) is 6.56. The van der Waals surface area contributed by atoms with Gasteiger partial charge in [0.2, 0.25) is 5.28 Å². The Balaban J connectivity index is 2.04. The third-order valence-corrected chi connectivity index (χ3v) is 4.51. The highest BCUT2D eigenvalue weighted by Gasteiger charge is 2.18. The van der Waals surface area contributed by atoms with Gasteiger partial charge < -0.3 is 5.32 Å². The zero-order valence-electron chi connectivity index (χ0n) is 11.9. The molecule has 2 heterocycles. The van der Waals surface area contributed by atoms with Crippen LogP contribution in [0.25, 0.3) is 10.9 Å². The normalized spacial score (nSPS) is 12.8. The molecular weight excluding hydrogens is 302 g/mol. The quantitative estimate of drug-likeness (QED) is 0.676. The molecule has 1 aromatic carbocycles. The van der Waals surface area contributed by atoms with Gasteiger partial charge in [-0.15, -0.1) is 11.3 Å². The summed E-state index contributed by atoms with van der Waals surface area (Å²) in [6.07, 6.45) is 0. The summed E-state index contributed by atoms with van der Waals surface area (Å²) in [5, 5.41) is 6.89. The summed E-state index contributed by atoms with van der Waals surface area (Å²) < 4.78 is 0. The van der Waals surface area contributed by atoms with Crippen molar-refractivity contribution in [3.63, 3.8) is 0 Å². The van der Waals surface area contributed by atoms with Crippen molar-refractivity contribution in [2.75, 3.05) is 5.32 Å². The molecule has 0 aliphatic heterocycles. The maximum atomic E-state index is 6.05. The fourth-order valence-corrected chi connectivity index (χ4v) is 3.46. The zero-order valence-corrected chi connectivity index (χ0v) is 13.4. The number of anilines is 1. The SMILES string of the molecule is CC(C)C(Nc1nc(Cl)nc2ccccc12)c1cccs1. The number of rotatable bonds is 4. The molecule has 3 rings (SSSR count). The molecule has 0 aliphatic rings. The van der Waals surface area contributed by atoms with Crippen LogP contribution in [0.3, 0.4) is 0 Å². The van der Waals surface area contributed by atoms with Crippen molar-refractivity contribution in [3.8, 4) is 0 Å². The minimum absolute atomic E-state index is 0.208. The first kappa shape index (κ1) is 14.3. The standard InChI is InChI=1S/C16H16ClN3S/c1-10(2)14(13-8-5-9-21-13)19-15-11-6-3-4-7-12(11)18-16(17)20-15/h3-10,14H,1-2H3,(H,18,19,20). The first-order valence-corrected chi connectivity index (χ1v) is 8.13. The van der Waals surface area contributed by atoms with Crippen LogP contribution in [0.2, 0.25) is 5.28 Å². The van der Waals surface area contributed by atoms with Crippen LogP contribution in [0, 0.1) is 5.92 Å². The maximum Gasteiger partial charge on any atom is 0.224 e. The predicted molar refractivity (Wildman–Crippen MR) is 90.1 cm³/mol. The number of para-hydroxylation sites is 1. The zero-order chi connectivity index (χ0) is 14.8. The Hall–Kier alpha value is -1.65. The summed E-state index contributed by atoms with van der Waals surface area (Å²) in [6.45, 7) is 4.39. The number of fused-ring (bicyclic) bond motifs is 1. The second-order valence-electron chi connectivity index (χ2n) is 5.24. The smallest absolute Gasteiger partial charge is 0.224 e. The number of thiophene rings is 1. The van der Waals surface area contributed by atoms with Crippen LogP contribution in [-0.4, -0.2) is 9.97 Å². The number of hydrogen-bond donors (Lipinski definition) is 1. The van der Waals surface area contributed by atoms with Crippen molar-refractivity contribution < 1.29 is 0 Å². The molecule has 0 fully saturated rings. The first-order valence-electron chi connectivity index (χ1n) is 6.87. The summed E-state index contributed by atoms with van der Waals surface area (Å²) in [6, 6.07) is 12.3. The van der Waals surface area contributed by atoms with Crippen molar-refractivity contribution in [2.45, 2.75) is 19.9 Å². The number of halogens is 1. The number of hydrogen-bond acceptors (Lipinski definition) is 4. The van der Waals surface area contributed by atoms with E-state index in [9.17, 15) is 0 Å². The fraction of sp³-hybridized carbons (Fsp3) is 0.250. The Kier molecular flexibility index (Phi) is 4.08. The molecule has 0 spiro atoms. The van der Waals surface area contributed by atoms with Crippen molar-refractivity contribution in [1.29, 1.82) is 0 Å². The lowest BCUT2D eigenvalue weighted by atomic mass is 10.0. The third-order valence-electron chi connectivity index (χ3n) is 3.38. The van der Waals surface area contributed by atoms with Gasteiger partial charge in [-0.2, -0.15) is 0 Å². The Morgan fingerprint density at radius 3 is 2.62 bits per heavy atom. The molecule has 3 aromatic rings. The van der Waals surface area contributed by atoms with Crippen LogP contribution in [0.1, 0.15) is 24.8 Å². The lowest BCUT2D eigenvalue weighted by Gasteiger charge is -2.22. The Morgan fingerprint density at radius 1 is 1.10 bits per heavy atom. The predicted octanol–water partition coefficient (Wildman–Crippen LogP) is 5.15. The van der Waals surface area contributed by atoms with E-state index in [1.54, 1.807) is 11.3 Å². The van der Waals surface area contributed by atoms with E-state index in [0.717, 1.165) is 16.7 Å². The Bertz CT molecular complexity index is 740. The second kappa shape index (κ2) is 6.00. The van der Waals surface area contributed by atoms with E-state index < -0.39 is 0 Å². The van der Waals surface area contributed by atoms with Crippen LogP contribution in [0.4, 0.5) is 5.82 Å².